The second-order valence-corrected chi connectivity index (χ2v) is 5.19. The van der Waals surface area contributed by atoms with Crippen LogP contribution in [0.1, 0.15) is 24.6 Å². The van der Waals surface area contributed by atoms with Gasteiger partial charge in [-0.25, -0.2) is 9.37 Å². The van der Waals surface area contributed by atoms with Crippen molar-refractivity contribution < 1.29 is 4.39 Å². The quantitative estimate of drug-likeness (QED) is 0.795. The molecule has 20 heavy (non-hydrogen) atoms. The van der Waals surface area contributed by atoms with E-state index in [0.717, 1.165) is 37.2 Å². The predicted octanol–water partition coefficient (Wildman–Crippen LogP) is 3.27. The lowest BCUT2D eigenvalue weighted by atomic mass is 10.2. The zero-order valence-corrected chi connectivity index (χ0v) is 12.3. The van der Waals surface area contributed by atoms with E-state index < -0.39 is 0 Å². The number of rotatable bonds is 7. The van der Waals surface area contributed by atoms with Crippen LogP contribution in [0.4, 0.5) is 4.39 Å². The molecule has 0 saturated carbocycles. The lowest BCUT2D eigenvalue weighted by Gasteiger charge is -2.03. The molecular weight excluding hydrogens is 277 g/mol. The molecule has 0 aliphatic heterocycles. The van der Waals surface area contributed by atoms with E-state index in [4.69, 9.17) is 11.6 Å². The van der Waals surface area contributed by atoms with Gasteiger partial charge in [0.25, 0.3) is 0 Å². The number of halogens is 2. The summed E-state index contributed by atoms with van der Waals surface area (Å²) < 4.78 is 15.1. The van der Waals surface area contributed by atoms with Crippen LogP contribution in [-0.4, -0.2) is 22.6 Å². The highest BCUT2D eigenvalue weighted by molar-refractivity contribution is 6.30. The number of nitrogens with zero attached hydrogens (tertiary/aromatic N) is 2. The Bertz CT molecular complexity index is 554. The van der Waals surface area contributed by atoms with Gasteiger partial charge >= 0.3 is 0 Å². The van der Waals surface area contributed by atoms with Gasteiger partial charge in [-0.1, -0.05) is 24.6 Å². The third-order valence-electron chi connectivity index (χ3n) is 3.02. The van der Waals surface area contributed by atoms with Crippen LogP contribution < -0.4 is 5.32 Å². The third-order valence-corrected chi connectivity index (χ3v) is 3.31. The molecule has 1 aromatic heterocycles. The number of nitrogens with one attached hydrogen (secondary N) is 1. The third kappa shape index (κ3) is 4.32. The summed E-state index contributed by atoms with van der Waals surface area (Å²) in [5, 5.41) is 3.51. The fourth-order valence-electron chi connectivity index (χ4n) is 1.99. The summed E-state index contributed by atoms with van der Waals surface area (Å²) in [5.41, 5.74) is 2.02. The number of benzene rings is 1. The molecule has 1 aromatic carbocycles. The first-order chi connectivity index (χ1) is 9.69. The first kappa shape index (κ1) is 15.0. The summed E-state index contributed by atoms with van der Waals surface area (Å²) in [6.45, 7) is 4.77. The molecule has 1 heterocycles. The van der Waals surface area contributed by atoms with Gasteiger partial charge in [0.2, 0.25) is 0 Å². The van der Waals surface area contributed by atoms with Crippen molar-refractivity contribution in [3.05, 3.63) is 52.8 Å². The highest BCUT2D eigenvalue weighted by atomic mass is 35.5. The van der Waals surface area contributed by atoms with Crippen LogP contribution in [0.5, 0.6) is 0 Å². The van der Waals surface area contributed by atoms with E-state index in [0.29, 0.717) is 6.54 Å². The molecule has 3 nitrogen and oxygen atoms in total. The Morgan fingerprint density at radius 3 is 2.95 bits per heavy atom. The monoisotopic (exact) mass is 295 g/mol. The number of hydrogen-bond donors (Lipinski definition) is 1. The largest absolute Gasteiger partial charge is 0.333 e. The Balaban J connectivity index is 1.90. The predicted molar refractivity (Wildman–Crippen MR) is 79.6 cm³/mol. The van der Waals surface area contributed by atoms with Crippen molar-refractivity contribution in [2.45, 2.75) is 26.3 Å². The van der Waals surface area contributed by atoms with Gasteiger partial charge in [-0.3, -0.25) is 0 Å². The Morgan fingerprint density at radius 2 is 2.20 bits per heavy atom. The van der Waals surface area contributed by atoms with Gasteiger partial charge in [-0.05, 0) is 30.7 Å². The maximum absolute atomic E-state index is 13.1. The maximum Gasteiger partial charge on any atom is 0.141 e. The van der Waals surface area contributed by atoms with Gasteiger partial charge < -0.3 is 9.88 Å². The molecule has 0 aliphatic rings. The summed E-state index contributed by atoms with van der Waals surface area (Å²) in [6.07, 6.45) is 5.87. The van der Waals surface area contributed by atoms with Gasteiger partial charge in [0.15, 0.2) is 0 Å². The van der Waals surface area contributed by atoms with Crippen molar-refractivity contribution >= 4 is 11.6 Å². The molecule has 1 N–H and O–H groups in total. The lowest BCUT2D eigenvalue weighted by molar-refractivity contribution is 0.626. The zero-order valence-electron chi connectivity index (χ0n) is 11.6. The first-order valence-electron chi connectivity index (χ1n) is 6.84. The molecule has 0 unspecified atom stereocenters. The highest BCUT2D eigenvalue weighted by Gasteiger charge is 2.03. The van der Waals surface area contributed by atoms with Crippen molar-refractivity contribution in [3.8, 4) is 0 Å². The molecule has 2 aromatic rings. The van der Waals surface area contributed by atoms with E-state index in [2.05, 4.69) is 17.2 Å². The van der Waals surface area contributed by atoms with Crippen LogP contribution >= 0.6 is 11.6 Å². The van der Waals surface area contributed by atoms with Gasteiger partial charge in [0.1, 0.15) is 5.82 Å². The average Bonchev–Trinajstić information content (AvgIpc) is 2.87. The van der Waals surface area contributed by atoms with E-state index in [-0.39, 0.29) is 10.8 Å². The lowest BCUT2D eigenvalue weighted by Crippen LogP contribution is -2.17. The van der Waals surface area contributed by atoms with Gasteiger partial charge in [-0.2, -0.15) is 0 Å². The molecule has 2 rings (SSSR count). The van der Waals surface area contributed by atoms with E-state index in [1.54, 1.807) is 18.5 Å². The minimum atomic E-state index is -0.385. The molecule has 0 spiro atoms. The summed E-state index contributed by atoms with van der Waals surface area (Å²) in [7, 11) is 0. The Hall–Kier alpha value is -1.39. The van der Waals surface area contributed by atoms with Crippen molar-refractivity contribution in [1.82, 2.24) is 14.9 Å². The van der Waals surface area contributed by atoms with Gasteiger partial charge in [0.05, 0.1) is 17.0 Å². The van der Waals surface area contributed by atoms with E-state index in [1.165, 1.54) is 6.07 Å². The SMILES string of the molecule is CCCNCCc1cn(Cc2ccc(F)c(Cl)c2)cn1. The summed E-state index contributed by atoms with van der Waals surface area (Å²) in [4.78, 5) is 4.37. The van der Waals surface area contributed by atoms with Crippen molar-refractivity contribution in [1.29, 1.82) is 0 Å². The summed E-state index contributed by atoms with van der Waals surface area (Å²) in [5.74, 6) is -0.385. The van der Waals surface area contributed by atoms with Crippen LogP contribution in [-0.2, 0) is 13.0 Å². The smallest absolute Gasteiger partial charge is 0.141 e. The normalized spacial score (nSPS) is 10.9. The fourth-order valence-corrected chi connectivity index (χ4v) is 2.19. The van der Waals surface area contributed by atoms with E-state index in [9.17, 15) is 4.39 Å². The molecule has 0 fully saturated rings. The summed E-state index contributed by atoms with van der Waals surface area (Å²) >= 11 is 5.78. The number of aromatic nitrogens is 2. The molecule has 0 aliphatic carbocycles. The summed E-state index contributed by atoms with van der Waals surface area (Å²) in [6, 6.07) is 4.78. The fraction of sp³-hybridized carbons (Fsp3) is 0.400. The van der Waals surface area contributed by atoms with Crippen LogP contribution in [0.3, 0.4) is 0 Å². The molecule has 5 heteroatoms. The Labute approximate surface area is 123 Å². The molecule has 0 saturated heterocycles. The Kier molecular flexibility index (Phi) is 5.56. The molecular formula is C15H19ClFN3. The molecule has 0 atom stereocenters. The van der Waals surface area contributed by atoms with Crippen LogP contribution in [0.25, 0.3) is 0 Å². The Morgan fingerprint density at radius 1 is 1.35 bits per heavy atom. The molecule has 0 bridgehead atoms. The van der Waals surface area contributed by atoms with E-state index >= 15 is 0 Å². The van der Waals surface area contributed by atoms with Crippen LogP contribution in [0.2, 0.25) is 5.02 Å². The van der Waals surface area contributed by atoms with Gasteiger partial charge in [-0.15, -0.1) is 0 Å². The second-order valence-electron chi connectivity index (χ2n) is 4.79. The van der Waals surface area contributed by atoms with Crippen molar-refractivity contribution in [2.75, 3.05) is 13.1 Å². The van der Waals surface area contributed by atoms with Crippen molar-refractivity contribution in [2.24, 2.45) is 0 Å². The minimum Gasteiger partial charge on any atom is -0.333 e. The van der Waals surface area contributed by atoms with Crippen LogP contribution in [0.15, 0.2) is 30.7 Å². The maximum atomic E-state index is 13.1. The standard InChI is InChI=1S/C15H19ClFN3/c1-2-6-18-7-5-13-10-20(11-19-13)9-12-3-4-15(17)14(16)8-12/h3-4,8,10-11,18H,2,5-7,9H2,1H3. The molecule has 108 valence electrons. The zero-order chi connectivity index (χ0) is 14.4. The number of imidazole rings is 1. The topological polar surface area (TPSA) is 29.9 Å². The van der Waals surface area contributed by atoms with Crippen LogP contribution in [0, 0.1) is 5.82 Å². The van der Waals surface area contributed by atoms with Crippen molar-refractivity contribution in [3.63, 3.8) is 0 Å². The minimum absolute atomic E-state index is 0.159. The van der Waals surface area contributed by atoms with Gasteiger partial charge in [0, 0.05) is 25.7 Å². The first-order valence-corrected chi connectivity index (χ1v) is 7.22. The second kappa shape index (κ2) is 7.41. The van der Waals surface area contributed by atoms with E-state index in [1.807, 2.05) is 10.8 Å². The average molecular weight is 296 g/mol. The number of hydrogen-bond acceptors (Lipinski definition) is 2. The highest BCUT2D eigenvalue weighted by Crippen LogP contribution is 2.16. The molecule has 0 radical (unpaired) electrons. The molecule has 0 amide bonds.